The highest BCUT2D eigenvalue weighted by atomic mass is 15.2. The molecule has 5 heteroatoms. The third kappa shape index (κ3) is 6.23. The van der Waals surface area contributed by atoms with E-state index in [0.29, 0.717) is 17.6 Å². The molecular formula is C55H41N5. The van der Waals surface area contributed by atoms with Crippen molar-refractivity contribution in [3.63, 3.8) is 0 Å². The Kier molecular flexibility index (Phi) is 8.85. The lowest BCUT2D eigenvalue weighted by Crippen LogP contribution is -2.06. The van der Waals surface area contributed by atoms with Crippen molar-refractivity contribution in [3.05, 3.63) is 200 Å². The molecule has 0 saturated carbocycles. The summed E-state index contributed by atoms with van der Waals surface area (Å²) in [5.74, 6) is 1.81. The zero-order valence-corrected chi connectivity index (χ0v) is 33.3. The van der Waals surface area contributed by atoms with E-state index in [2.05, 4.69) is 192 Å². The highest BCUT2D eigenvalue weighted by molar-refractivity contribution is 6.19. The molecule has 0 unspecified atom stereocenters. The van der Waals surface area contributed by atoms with E-state index < -0.39 is 0 Å². The molecule has 286 valence electrons. The number of hydrogen-bond acceptors (Lipinski definition) is 3. The van der Waals surface area contributed by atoms with E-state index in [0.717, 1.165) is 61.7 Å². The number of fused-ring (bicyclic) bond motifs is 6. The van der Waals surface area contributed by atoms with Crippen molar-refractivity contribution in [3.8, 4) is 56.7 Å². The molecule has 11 rings (SSSR count). The molecule has 0 aliphatic carbocycles. The van der Waals surface area contributed by atoms with Crippen molar-refractivity contribution in [2.45, 2.75) is 26.2 Å². The maximum Gasteiger partial charge on any atom is 0.238 e. The van der Waals surface area contributed by atoms with Gasteiger partial charge in [-0.2, -0.15) is 9.97 Å². The highest BCUT2D eigenvalue weighted by Crippen LogP contribution is 2.40. The van der Waals surface area contributed by atoms with E-state index in [1.165, 1.54) is 45.8 Å². The number of nitrogens with zero attached hydrogens (tertiary/aromatic N) is 5. The third-order valence-corrected chi connectivity index (χ3v) is 11.7. The maximum atomic E-state index is 5.34. The molecule has 0 spiro atoms. The van der Waals surface area contributed by atoms with Crippen molar-refractivity contribution < 1.29 is 0 Å². The number of para-hydroxylation sites is 3. The number of benzene rings is 8. The van der Waals surface area contributed by atoms with Gasteiger partial charge in [0.05, 0.1) is 22.1 Å². The summed E-state index contributed by atoms with van der Waals surface area (Å²) in [6, 6.07) is 69.1. The first-order chi connectivity index (χ1) is 29.7. The summed E-state index contributed by atoms with van der Waals surface area (Å²) in [5.41, 5.74) is 13.4. The maximum absolute atomic E-state index is 5.34. The predicted molar refractivity (Wildman–Crippen MR) is 249 cm³/mol. The van der Waals surface area contributed by atoms with Gasteiger partial charge in [-0.25, -0.2) is 4.98 Å². The Morgan fingerprint density at radius 1 is 0.367 bits per heavy atom. The Labute approximate surface area is 348 Å². The van der Waals surface area contributed by atoms with Crippen LogP contribution >= 0.6 is 0 Å². The van der Waals surface area contributed by atoms with Gasteiger partial charge < -0.3 is 4.57 Å². The van der Waals surface area contributed by atoms with Crippen LogP contribution in [0.4, 0.5) is 0 Å². The lowest BCUT2D eigenvalue weighted by molar-refractivity contribution is 0.795. The van der Waals surface area contributed by atoms with E-state index in [1.54, 1.807) is 0 Å². The Bertz CT molecular complexity index is 3360. The standard InChI is InChI=1S/C55H41N5/c1-2-3-17-37-18-14-21-39(32-37)40-22-15-23-41(33-40)42-24-16-25-43(34-42)54-56-53(38-19-6-4-7-20-38)57-55(58-54)60-50-31-13-11-29-46(50)48-35-47-45-28-10-12-30-49(45)59(51(47)36-52(48)60)44-26-8-5-9-27-44/h4-16,18-36H,2-3,17H2,1H3. The van der Waals surface area contributed by atoms with Crippen LogP contribution in [0.3, 0.4) is 0 Å². The van der Waals surface area contributed by atoms with E-state index >= 15 is 0 Å². The van der Waals surface area contributed by atoms with Gasteiger partial charge in [0.1, 0.15) is 0 Å². The fourth-order valence-corrected chi connectivity index (χ4v) is 8.82. The average Bonchev–Trinajstić information content (AvgIpc) is 3.82. The van der Waals surface area contributed by atoms with E-state index in [9.17, 15) is 0 Å². The number of hydrogen-bond donors (Lipinski definition) is 0. The average molecular weight is 772 g/mol. The molecule has 0 aliphatic rings. The van der Waals surface area contributed by atoms with Crippen LogP contribution in [-0.4, -0.2) is 24.1 Å². The second-order valence-electron chi connectivity index (χ2n) is 15.5. The number of rotatable bonds is 9. The minimum atomic E-state index is 0.571. The third-order valence-electron chi connectivity index (χ3n) is 11.7. The molecule has 0 aliphatic heterocycles. The molecule has 0 saturated heterocycles. The van der Waals surface area contributed by atoms with Gasteiger partial charge in [-0.1, -0.05) is 159 Å². The SMILES string of the molecule is CCCCc1cccc(-c2cccc(-c3cccc(-c4nc(-c5ccccc5)nc(-n5c6ccccc6c6cc7c8ccccc8n(-c8ccccc8)c7cc65)n4)c3)c2)c1. The monoisotopic (exact) mass is 771 g/mol. The van der Waals surface area contributed by atoms with E-state index in [-0.39, 0.29) is 0 Å². The lowest BCUT2D eigenvalue weighted by atomic mass is 9.96. The molecule has 0 bridgehead atoms. The van der Waals surface area contributed by atoms with Gasteiger partial charge in [0.15, 0.2) is 11.6 Å². The molecular weight excluding hydrogens is 731 g/mol. The summed E-state index contributed by atoms with van der Waals surface area (Å²) in [6.07, 6.45) is 3.48. The van der Waals surface area contributed by atoms with Crippen molar-refractivity contribution in [1.82, 2.24) is 24.1 Å². The largest absolute Gasteiger partial charge is 0.309 e. The molecule has 11 aromatic rings. The molecule has 8 aromatic carbocycles. The quantitative estimate of drug-likeness (QED) is 0.147. The molecule has 60 heavy (non-hydrogen) atoms. The van der Waals surface area contributed by atoms with Crippen molar-refractivity contribution in [2.24, 2.45) is 0 Å². The summed E-state index contributed by atoms with van der Waals surface area (Å²) in [4.78, 5) is 15.8. The zero-order valence-electron chi connectivity index (χ0n) is 33.3. The van der Waals surface area contributed by atoms with Gasteiger partial charge in [0, 0.05) is 38.4 Å². The molecule has 0 atom stereocenters. The Morgan fingerprint density at radius 2 is 0.867 bits per heavy atom. The zero-order chi connectivity index (χ0) is 40.0. The van der Waals surface area contributed by atoms with Crippen molar-refractivity contribution >= 4 is 43.6 Å². The normalized spacial score (nSPS) is 11.6. The first-order valence-electron chi connectivity index (χ1n) is 20.8. The fraction of sp³-hybridized carbons (Fsp3) is 0.0727. The molecule has 0 radical (unpaired) electrons. The minimum Gasteiger partial charge on any atom is -0.309 e. The van der Waals surface area contributed by atoms with Crippen LogP contribution in [0.15, 0.2) is 194 Å². The second-order valence-corrected chi connectivity index (χ2v) is 15.5. The van der Waals surface area contributed by atoms with E-state index in [4.69, 9.17) is 15.0 Å². The van der Waals surface area contributed by atoms with Crippen LogP contribution in [-0.2, 0) is 6.42 Å². The fourth-order valence-electron chi connectivity index (χ4n) is 8.82. The Hall–Kier alpha value is -7.63. The minimum absolute atomic E-state index is 0.571. The predicted octanol–water partition coefficient (Wildman–Crippen LogP) is 14.1. The first kappa shape index (κ1) is 35.5. The summed E-state index contributed by atoms with van der Waals surface area (Å²) in [7, 11) is 0. The summed E-state index contributed by atoms with van der Waals surface area (Å²) in [5, 5.41) is 4.72. The van der Waals surface area contributed by atoms with Gasteiger partial charge in [-0.05, 0) is 89.2 Å². The van der Waals surface area contributed by atoms with Crippen molar-refractivity contribution in [1.29, 1.82) is 0 Å². The summed E-state index contributed by atoms with van der Waals surface area (Å²) >= 11 is 0. The number of unbranched alkanes of at least 4 members (excludes halogenated alkanes) is 1. The van der Waals surface area contributed by atoms with Crippen LogP contribution in [0.25, 0.3) is 100 Å². The number of aromatic nitrogens is 5. The summed E-state index contributed by atoms with van der Waals surface area (Å²) in [6.45, 7) is 2.25. The molecule has 3 heterocycles. The molecule has 0 amide bonds. The van der Waals surface area contributed by atoms with E-state index in [1.807, 2.05) is 18.2 Å². The van der Waals surface area contributed by atoms with Gasteiger partial charge in [0.2, 0.25) is 5.95 Å². The smallest absolute Gasteiger partial charge is 0.238 e. The molecule has 0 fully saturated rings. The first-order valence-corrected chi connectivity index (χ1v) is 20.8. The van der Waals surface area contributed by atoms with Gasteiger partial charge in [-0.3, -0.25) is 4.57 Å². The molecule has 3 aromatic heterocycles. The summed E-state index contributed by atoms with van der Waals surface area (Å²) < 4.78 is 4.58. The van der Waals surface area contributed by atoms with Crippen molar-refractivity contribution in [2.75, 3.05) is 0 Å². The van der Waals surface area contributed by atoms with Crippen LogP contribution in [0.2, 0.25) is 0 Å². The molecule has 5 nitrogen and oxygen atoms in total. The lowest BCUT2D eigenvalue weighted by Gasteiger charge is -2.12. The van der Waals surface area contributed by atoms with Crippen LogP contribution < -0.4 is 0 Å². The van der Waals surface area contributed by atoms with Crippen LogP contribution in [0, 0.1) is 0 Å². The highest BCUT2D eigenvalue weighted by Gasteiger charge is 2.21. The number of aryl methyl sites for hydroxylation is 1. The van der Waals surface area contributed by atoms with Gasteiger partial charge in [0.25, 0.3) is 0 Å². The topological polar surface area (TPSA) is 48.5 Å². The Balaban J connectivity index is 1.10. The van der Waals surface area contributed by atoms with Crippen LogP contribution in [0.1, 0.15) is 25.3 Å². The Morgan fingerprint density at radius 3 is 1.53 bits per heavy atom. The van der Waals surface area contributed by atoms with Gasteiger partial charge in [-0.15, -0.1) is 0 Å². The van der Waals surface area contributed by atoms with Crippen LogP contribution in [0.5, 0.6) is 0 Å². The second kappa shape index (κ2) is 14.9. The molecule has 0 N–H and O–H groups in total. The van der Waals surface area contributed by atoms with Gasteiger partial charge >= 0.3 is 0 Å².